The highest BCUT2D eigenvalue weighted by Crippen LogP contribution is 2.26. The average molecular weight is 321 g/mol. The largest absolute Gasteiger partial charge is 0.480 e. The first-order valence-electron chi connectivity index (χ1n) is 6.71. The van der Waals surface area contributed by atoms with E-state index in [4.69, 9.17) is 5.11 Å². The summed E-state index contributed by atoms with van der Waals surface area (Å²) >= 11 is 3.94. The lowest BCUT2D eigenvalue weighted by Crippen LogP contribution is -2.41. The third-order valence-corrected chi connectivity index (χ3v) is 4.46. The van der Waals surface area contributed by atoms with Crippen LogP contribution in [0, 0.1) is 0 Å². The molecule has 1 aliphatic heterocycles. The SMILES string of the molecule is CC(=O)C(S)(CCCN1C(=O)c2ccccc2C1=O)C(=O)O. The predicted molar refractivity (Wildman–Crippen MR) is 81.1 cm³/mol. The molecular weight excluding hydrogens is 306 g/mol. The van der Waals surface area contributed by atoms with Gasteiger partial charge in [-0.25, -0.2) is 0 Å². The maximum atomic E-state index is 12.1. The number of imide groups is 1. The van der Waals surface area contributed by atoms with E-state index < -0.39 is 28.3 Å². The van der Waals surface area contributed by atoms with Crippen molar-refractivity contribution in [3.05, 3.63) is 35.4 Å². The van der Waals surface area contributed by atoms with Crippen LogP contribution in [0.25, 0.3) is 0 Å². The van der Waals surface area contributed by atoms with Crippen LogP contribution in [-0.2, 0) is 9.59 Å². The zero-order chi connectivity index (χ0) is 16.5. The van der Waals surface area contributed by atoms with E-state index in [1.54, 1.807) is 24.3 Å². The van der Waals surface area contributed by atoms with E-state index in [9.17, 15) is 19.2 Å². The Morgan fingerprint density at radius 3 is 2.09 bits per heavy atom. The number of hydrogen-bond donors (Lipinski definition) is 2. The number of aliphatic carboxylic acids is 1. The van der Waals surface area contributed by atoms with Crippen molar-refractivity contribution in [2.45, 2.75) is 24.5 Å². The lowest BCUT2D eigenvalue weighted by Gasteiger charge is -2.21. The molecule has 22 heavy (non-hydrogen) atoms. The van der Waals surface area contributed by atoms with Crippen LogP contribution >= 0.6 is 12.6 Å². The fourth-order valence-electron chi connectivity index (χ4n) is 2.37. The Labute approximate surface area is 132 Å². The molecule has 1 aromatic carbocycles. The molecule has 0 saturated heterocycles. The summed E-state index contributed by atoms with van der Waals surface area (Å²) < 4.78 is -1.79. The summed E-state index contributed by atoms with van der Waals surface area (Å²) in [6.07, 6.45) is 0.120. The molecule has 1 unspecified atom stereocenters. The van der Waals surface area contributed by atoms with Crippen LogP contribution in [-0.4, -0.2) is 44.9 Å². The van der Waals surface area contributed by atoms with E-state index in [2.05, 4.69) is 12.6 Å². The number of Topliss-reactive ketones (excluding diaryl/α,β-unsaturated/α-hetero) is 1. The van der Waals surface area contributed by atoms with Gasteiger partial charge in [-0.1, -0.05) is 12.1 Å². The molecule has 0 aliphatic carbocycles. The molecule has 1 aromatic rings. The standard InChI is InChI=1S/C15H15NO5S/c1-9(17)15(22,14(20)21)7-4-8-16-12(18)10-5-2-3-6-11(10)13(16)19/h2-3,5-6,22H,4,7-8H2,1H3,(H,20,21). The van der Waals surface area contributed by atoms with Crippen molar-refractivity contribution in [2.75, 3.05) is 6.54 Å². The average Bonchev–Trinajstić information content (AvgIpc) is 2.72. The molecule has 0 saturated carbocycles. The number of hydrogen-bond acceptors (Lipinski definition) is 5. The van der Waals surface area contributed by atoms with Gasteiger partial charge in [0.1, 0.15) is 0 Å². The number of fused-ring (bicyclic) bond motifs is 1. The minimum Gasteiger partial charge on any atom is -0.480 e. The zero-order valence-corrected chi connectivity index (χ0v) is 12.8. The predicted octanol–water partition coefficient (Wildman–Crippen LogP) is 1.41. The summed E-state index contributed by atoms with van der Waals surface area (Å²) in [6, 6.07) is 6.50. The number of ketones is 1. The number of carbonyl (C=O) groups excluding carboxylic acids is 3. The first kappa shape index (κ1) is 16.2. The molecule has 0 bridgehead atoms. The monoisotopic (exact) mass is 321 g/mol. The van der Waals surface area contributed by atoms with Crippen LogP contribution in [0.5, 0.6) is 0 Å². The van der Waals surface area contributed by atoms with Crippen molar-refractivity contribution < 1.29 is 24.3 Å². The van der Waals surface area contributed by atoms with Gasteiger partial charge in [0.05, 0.1) is 11.1 Å². The maximum absolute atomic E-state index is 12.1. The van der Waals surface area contributed by atoms with Crippen LogP contribution in [0.4, 0.5) is 0 Å². The number of amides is 2. The van der Waals surface area contributed by atoms with Crippen molar-refractivity contribution >= 4 is 36.2 Å². The molecule has 0 aromatic heterocycles. The van der Waals surface area contributed by atoms with Gasteiger partial charge in [0, 0.05) is 6.54 Å². The second kappa shape index (κ2) is 5.92. The third kappa shape index (κ3) is 2.64. The van der Waals surface area contributed by atoms with Gasteiger partial charge in [0.2, 0.25) is 0 Å². The Balaban J connectivity index is 2.05. The van der Waals surface area contributed by atoms with Crippen molar-refractivity contribution in [1.82, 2.24) is 4.90 Å². The van der Waals surface area contributed by atoms with Gasteiger partial charge in [0.15, 0.2) is 10.5 Å². The number of carbonyl (C=O) groups is 4. The maximum Gasteiger partial charge on any atom is 0.327 e. The van der Waals surface area contributed by atoms with Gasteiger partial charge in [-0.05, 0) is 31.9 Å². The number of thiol groups is 1. The van der Waals surface area contributed by atoms with Crippen LogP contribution in [0.1, 0.15) is 40.5 Å². The van der Waals surface area contributed by atoms with Gasteiger partial charge < -0.3 is 5.11 Å². The van der Waals surface area contributed by atoms with Crippen LogP contribution in [0.2, 0.25) is 0 Å². The summed E-state index contributed by atoms with van der Waals surface area (Å²) in [7, 11) is 0. The molecule has 1 aliphatic rings. The van der Waals surface area contributed by atoms with Crippen molar-refractivity contribution in [2.24, 2.45) is 0 Å². The molecule has 1 atom stereocenters. The van der Waals surface area contributed by atoms with Gasteiger partial charge >= 0.3 is 5.97 Å². The summed E-state index contributed by atoms with van der Waals surface area (Å²) in [5.74, 6) is -2.71. The summed E-state index contributed by atoms with van der Waals surface area (Å²) in [5, 5.41) is 9.10. The van der Waals surface area contributed by atoms with E-state index >= 15 is 0 Å². The zero-order valence-electron chi connectivity index (χ0n) is 11.9. The van der Waals surface area contributed by atoms with Crippen molar-refractivity contribution in [1.29, 1.82) is 0 Å². The molecule has 1 N–H and O–H groups in total. The van der Waals surface area contributed by atoms with E-state index in [-0.39, 0.29) is 19.4 Å². The van der Waals surface area contributed by atoms with E-state index in [1.165, 1.54) is 0 Å². The van der Waals surface area contributed by atoms with Crippen LogP contribution in [0.3, 0.4) is 0 Å². The van der Waals surface area contributed by atoms with Gasteiger partial charge in [-0.2, -0.15) is 12.6 Å². The van der Waals surface area contributed by atoms with E-state index in [0.717, 1.165) is 11.8 Å². The van der Waals surface area contributed by atoms with Crippen LogP contribution in [0.15, 0.2) is 24.3 Å². The Bertz CT molecular complexity index is 621. The minimum absolute atomic E-state index is 0.0508. The Kier molecular flexibility index (Phi) is 4.37. The molecule has 1 heterocycles. The minimum atomic E-state index is -1.79. The fraction of sp³-hybridized carbons (Fsp3) is 0.333. The van der Waals surface area contributed by atoms with Crippen LogP contribution < -0.4 is 0 Å². The Hall–Kier alpha value is -2.15. The number of nitrogens with zero attached hydrogens (tertiary/aromatic N) is 1. The highest BCUT2D eigenvalue weighted by Gasteiger charge is 2.40. The topological polar surface area (TPSA) is 91.8 Å². The molecule has 0 fully saturated rings. The lowest BCUT2D eigenvalue weighted by molar-refractivity contribution is -0.143. The molecule has 116 valence electrons. The number of carboxylic acids is 1. The second-order valence-electron chi connectivity index (χ2n) is 5.13. The highest BCUT2D eigenvalue weighted by atomic mass is 32.1. The van der Waals surface area contributed by atoms with Crippen molar-refractivity contribution in [3.8, 4) is 0 Å². The normalized spacial score (nSPS) is 16.4. The van der Waals surface area contributed by atoms with Gasteiger partial charge in [0.25, 0.3) is 11.8 Å². The van der Waals surface area contributed by atoms with Crippen molar-refractivity contribution in [3.63, 3.8) is 0 Å². The Morgan fingerprint density at radius 1 is 1.18 bits per heavy atom. The molecule has 7 heteroatoms. The van der Waals surface area contributed by atoms with Gasteiger partial charge in [-0.3, -0.25) is 24.1 Å². The third-order valence-electron chi connectivity index (χ3n) is 3.73. The number of carboxylic acid groups (broad SMARTS) is 1. The Morgan fingerprint density at radius 2 is 1.68 bits per heavy atom. The van der Waals surface area contributed by atoms with E-state index in [0.29, 0.717) is 11.1 Å². The first-order chi connectivity index (χ1) is 10.3. The summed E-state index contributed by atoms with van der Waals surface area (Å²) in [6.45, 7) is 1.21. The second-order valence-corrected chi connectivity index (χ2v) is 5.90. The summed E-state index contributed by atoms with van der Waals surface area (Å²) in [5.41, 5.74) is 0.684. The first-order valence-corrected chi connectivity index (χ1v) is 7.16. The smallest absolute Gasteiger partial charge is 0.327 e. The molecular formula is C15H15NO5S. The van der Waals surface area contributed by atoms with E-state index in [1.807, 2.05) is 0 Å². The molecule has 2 rings (SSSR count). The quantitative estimate of drug-likeness (QED) is 0.469. The molecule has 0 spiro atoms. The summed E-state index contributed by atoms with van der Waals surface area (Å²) in [4.78, 5) is 47.9. The number of rotatable bonds is 6. The van der Waals surface area contributed by atoms with Gasteiger partial charge in [-0.15, -0.1) is 0 Å². The highest BCUT2D eigenvalue weighted by molar-refractivity contribution is 7.83. The lowest BCUT2D eigenvalue weighted by atomic mass is 9.98. The fourth-order valence-corrected chi connectivity index (χ4v) is 2.53. The molecule has 0 radical (unpaired) electrons. The number of benzene rings is 1. The molecule has 2 amide bonds. The molecule has 6 nitrogen and oxygen atoms in total.